The Balaban J connectivity index is 1.96. The van der Waals surface area contributed by atoms with E-state index in [1.165, 1.54) is 0 Å². The number of rotatable bonds is 7. The van der Waals surface area contributed by atoms with Crippen molar-refractivity contribution in [3.63, 3.8) is 0 Å². The van der Waals surface area contributed by atoms with E-state index >= 15 is 0 Å². The van der Waals surface area contributed by atoms with E-state index in [0.717, 1.165) is 31.7 Å². The van der Waals surface area contributed by atoms with Gasteiger partial charge in [0, 0.05) is 13.0 Å². The standard InChI is InChI=1S/C13H17NO/c1-2-3-7-10-14-11-12-15-13-8-5-4-6-9-13/h1,4-6,8-9,14H,3,7,10-12H2. The van der Waals surface area contributed by atoms with Crippen LogP contribution in [0.5, 0.6) is 5.75 Å². The first-order valence-electron chi connectivity index (χ1n) is 5.25. The van der Waals surface area contributed by atoms with Gasteiger partial charge in [0.25, 0.3) is 0 Å². The molecule has 1 aromatic rings. The molecule has 0 heterocycles. The van der Waals surface area contributed by atoms with Crippen LogP contribution >= 0.6 is 0 Å². The maximum absolute atomic E-state index is 5.51. The van der Waals surface area contributed by atoms with Crippen LogP contribution in [0.3, 0.4) is 0 Å². The molecule has 0 aliphatic heterocycles. The summed E-state index contributed by atoms with van der Waals surface area (Å²) in [7, 11) is 0. The molecule has 0 unspecified atom stereocenters. The lowest BCUT2D eigenvalue weighted by Gasteiger charge is -2.06. The molecule has 0 aliphatic rings. The molecule has 0 aliphatic carbocycles. The Hall–Kier alpha value is -1.46. The number of unbranched alkanes of at least 4 members (excludes halogenated alkanes) is 1. The normalized spacial score (nSPS) is 9.53. The highest BCUT2D eigenvalue weighted by Gasteiger charge is 1.90. The summed E-state index contributed by atoms with van der Waals surface area (Å²) < 4.78 is 5.51. The van der Waals surface area contributed by atoms with E-state index in [0.29, 0.717) is 6.61 Å². The molecule has 0 amide bonds. The van der Waals surface area contributed by atoms with Gasteiger partial charge in [-0.05, 0) is 25.1 Å². The monoisotopic (exact) mass is 203 g/mol. The van der Waals surface area contributed by atoms with Crippen LogP contribution in [0.1, 0.15) is 12.8 Å². The molecule has 0 radical (unpaired) electrons. The van der Waals surface area contributed by atoms with Crippen LogP contribution in [-0.4, -0.2) is 19.7 Å². The summed E-state index contributed by atoms with van der Waals surface area (Å²) in [5, 5.41) is 3.27. The van der Waals surface area contributed by atoms with Crippen molar-refractivity contribution in [2.24, 2.45) is 0 Å². The Kier molecular flexibility index (Phi) is 6.12. The van der Waals surface area contributed by atoms with Gasteiger partial charge < -0.3 is 10.1 Å². The first-order valence-corrected chi connectivity index (χ1v) is 5.25. The predicted octanol–water partition coefficient (Wildman–Crippen LogP) is 2.07. The van der Waals surface area contributed by atoms with Crippen molar-refractivity contribution in [1.29, 1.82) is 0 Å². The van der Waals surface area contributed by atoms with Gasteiger partial charge in [-0.3, -0.25) is 0 Å². The van der Waals surface area contributed by atoms with Gasteiger partial charge in [0.1, 0.15) is 12.4 Å². The third-order valence-electron chi connectivity index (χ3n) is 1.97. The van der Waals surface area contributed by atoms with Gasteiger partial charge in [-0.15, -0.1) is 12.3 Å². The van der Waals surface area contributed by atoms with Gasteiger partial charge in [-0.1, -0.05) is 18.2 Å². The molecule has 0 spiro atoms. The molecule has 80 valence electrons. The second-order valence-electron chi connectivity index (χ2n) is 3.22. The second-order valence-corrected chi connectivity index (χ2v) is 3.22. The zero-order valence-electron chi connectivity index (χ0n) is 8.91. The molecule has 2 nitrogen and oxygen atoms in total. The second kappa shape index (κ2) is 7.90. The zero-order valence-corrected chi connectivity index (χ0v) is 8.91. The first-order chi connectivity index (χ1) is 7.43. The summed E-state index contributed by atoms with van der Waals surface area (Å²) in [6.45, 7) is 2.52. The highest BCUT2D eigenvalue weighted by Crippen LogP contribution is 2.07. The molecule has 15 heavy (non-hydrogen) atoms. The summed E-state index contributed by atoms with van der Waals surface area (Å²) in [6.07, 6.45) is 7.01. The van der Waals surface area contributed by atoms with E-state index in [2.05, 4.69) is 11.2 Å². The molecule has 0 saturated carbocycles. The summed E-state index contributed by atoms with van der Waals surface area (Å²) in [5.41, 5.74) is 0. The largest absolute Gasteiger partial charge is 0.492 e. The first kappa shape index (κ1) is 11.6. The van der Waals surface area contributed by atoms with Crippen LogP contribution < -0.4 is 10.1 Å². The SMILES string of the molecule is C#CCCCNCCOc1ccccc1. The highest BCUT2D eigenvalue weighted by molar-refractivity contribution is 5.20. The van der Waals surface area contributed by atoms with Crippen LogP contribution in [0.25, 0.3) is 0 Å². The van der Waals surface area contributed by atoms with Gasteiger partial charge >= 0.3 is 0 Å². The fourth-order valence-corrected chi connectivity index (χ4v) is 1.20. The van der Waals surface area contributed by atoms with Crippen molar-refractivity contribution in [2.45, 2.75) is 12.8 Å². The van der Waals surface area contributed by atoms with E-state index in [9.17, 15) is 0 Å². The number of hydrogen-bond donors (Lipinski definition) is 1. The van der Waals surface area contributed by atoms with Gasteiger partial charge in [0.2, 0.25) is 0 Å². The van der Waals surface area contributed by atoms with Gasteiger partial charge in [-0.2, -0.15) is 0 Å². The van der Waals surface area contributed by atoms with Gasteiger partial charge in [-0.25, -0.2) is 0 Å². The van der Waals surface area contributed by atoms with Crippen LogP contribution in [0.15, 0.2) is 30.3 Å². The Morgan fingerprint density at radius 1 is 1.20 bits per heavy atom. The summed E-state index contributed by atoms with van der Waals surface area (Å²) >= 11 is 0. The van der Waals surface area contributed by atoms with E-state index in [-0.39, 0.29) is 0 Å². The van der Waals surface area contributed by atoms with Crippen LogP contribution in [0.2, 0.25) is 0 Å². The maximum Gasteiger partial charge on any atom is 0.119 e. The summed E-state index contributed by atoms with van der Waals surface area (Å²) in [4.78, 5) is 0. The maximum atomic E-state index is 5.51. The van der Waals surface area contributed by atoms with E-state index in [4.69, 9.17) is 11.2 Å². The van der Waals surface area contributed by atoms with E-state index in [1.54, 1.807) is 0 Å². The van der Waals surface area contributed by atoms with Crippen molar-refractivity contribution < 1.29 is 4.74 Å². The number of nitrogens with one attached hydrogen (secondary N) is 1. The molecular formula is C13H17NO. The molecular weight excluding hydrogens is 186 g/mol. The van der Waals surface area contributed by atoms with Crippen molar-refractivity contribution >= 4 is 0 Å². The zero-order chi connectivity index (χ0) is 10.8. The van der Waals surface area contributed by atoms with Crippen molar-refractivity contribution in [3.05, 3.63) is 30.3 Å². The molecule has 0 bridgehead atoms. The van der Waals surface area contributed by atoms with Crippen molar-refractivity contribution in [3.8, 4) is 18.1 Å². The highest BCUT2D eigenvalue weighted by atomic mass is 16.5. The van der Waals surface area contributed by atoms with Crippen LogP contribution in [0.4, 0.5) is 0 Å². The average Bonchev–Trinajstić information content (AvgIpc) is 2.29. The number of ether oxygens (including phenoxy) is 1. The lowest BCUT2D eigenvalue weighted by Crippen LogP contribution is -2.21. The molecule has 2 heteroatoms. The van der Waals surface area contributed by atoms with Crippen molar-refractivity contribution in [1.82, 2.24) is 5.32 Å². The Morgan fingerprint density at radius 2 is 2.00 bits per heavy atom. The smallest absolute Gasteiger partial charge is 0.119 e. The quantitative estimate of drug-likeness (QED) is 0.541. The third kappa shape index (κ3) is 5.77. The van der Waals surface area contributed by atoms with E-state index < -0.39 is 0 Å². The lowest BCUT2D eigenvalue weighted by molar-refractivity contribution is 0.314. The Labute approximate surface area is 91.6 Å². The number of para-hydroxylation sites is 1. The minimum absolute atomic E-state index is 0.695. The van der Waals surface area contributed by atoms with E-state index in [1.807, 2.05) is 30.3 Å². The van der Waals surface area contributed by atoms with Crippen LogP contribution in [-0.2, 0) is 0 Å². The molecule has 1 rings (SSSR count). The number of hydrogen-bond acceptors (Lipinski definition) is 2. The third-order valence-corrected chi connectivity index (χ3v) is 1.97. The molecule has 0 atom stereocenters. The fraction of sp³-hybridized carbons (Fsp3) is 0.385. The van der Waals surface area contributed by atoms with Crippen LogP contribution in [0, 0.1) is 12.3 Å². The van der Waals surface area contributed by atoms with Gasteiger partial charge in [0.05, 0.1) is 0 Å². The number of benzene rings is 1. The number of terminal acetylenes is 1. The van der Waals surface area contributed by atoms with Crippen molar-refractivity contribution in [2.75, 3.05) is 19.7 Å². The lowest BCUT2D eigenvalue weighted by atomic mass is 10.3. The fourth-order valence-electron chi connectivity index (χ4n) is 1.20. The molecule has 1 N–H and O–H groups in total. The van der Waals surface area contributed by atoms with Gasteiger partial charge in [0.15, 0.2) is 0 Å². The molecule has 0 aromatic heterocycles. The average molecular weight is 203 g/mol. The molecule has 0 saturated heterocycles. The molecule has 0 fully saturated rings. The molecule has 1 aromatic carbocycles. The Morgan fingerprint density at radius 3 is 2.73 bits per heavy atom. The minimum Gasteiger partial charge on any atom is -0.492 e. The summed E-state index contributed by atoms with van der Waals surface area (Å²) in [6, 6.07) is 9.83. The Bertz CT molecular complexity index is 289. The summed E-state index contributed by atoms with van der Waals surface area (Å²) in [5.74, 6) is 3.53. The minimum atomic E-state index is 0.695. The predicted molar refractivity (Wildman–Crippen MR) is 62.9 cm³/mol. The topological polar surface area (TPSA) is 21.3 Å².